The average molecular weight is 361 g/mol. The number of fused-ring (bicyclic) bond motifs is 1. The van der Waals surface area contributed by atoms with Gasteiger partial charge in [-0.05, 0) is 67.6 Å². The Bertz CT molecular complexity index is 929. The van der Waals surface area contributed by atoms with E-state index in [1.165, 1.54) is 10.5 Å². The van der Waals surface area contributed by atoms with Crippen molar-refractivity contribution in [2.24, 2.45) is 17.8 Å². The zero-order valence-corrected chi connectivity index (χ0v) is 15.8. The Hall–Kier alpha value is -2.88. The minimum atomic E-state index is -0.242. The van der Waals surface area contributed by atoms with Gasteiger partial charge in [-0.25, -0.2) is 0 Å². The van der Waals surface area contributed by atoms with E-state index in [-0.39, 0.29) is 29.6 Å². The van der Waals surface area contributed by atoms with Gasteiger partial charge in [-0.15, -0.1) is 0 Å². The number of carbonyl (C=O) groups is 2. The first kappa shape index (κ1) is 17.5. The number of aryl methyl sites for hydroxylation is 1. The van der Waals surface area contributed by atoms with Gasteiger partial charge in [0, 0.05) is 0 Å². The fourth-order valence-corrected chi connectivity index (χ4v) is 4.03. The van der Waals surface area contributed by atoms with E-state index in [1.54, 1.807) is 24.3 Å². The molecule has 0 bridgehead atoms. The van der Waals surface area contributed by atoms with E-state index in [9.17, 15) is 9.59 Å². The number of rotatable bonds is 3. The summed E-state index contributed by atoms with van der Waals surface area (Å²) >= 11 is 0. The molecule has 0 radical (unpaired) electrons. The molecule has 2 aromatic carbocycles. The summed E-state index contributed by atoms with van der Waals surface area (Å²) in [6, 6.07) is 13.1. The van der Waals surface area contributed by atoms with Gasteiger partial charge in [0.2, 0.25) is 11.8 Å². The van der Waals surface area contributed by atoms with Gasteiger partial charge in [0.25, 0.3) is 0 Å². The molecule has 27 heavy (non-hydrogen) atoms. The maximum Gasteiger partial charge on any atom is 0.238 e. The molecule has 1 heterocycles. The summed E-state index contributed by atoms with van der Waals surface area (Å²) in [6.45, 7) is 6.08. The molecule has 2 aliphatic rings. The van der Waals surface area contributed by atoms with E-state index in [0.29, 0.717) is 17.9 Å². The third-order valence-electron chi connectivity index (χ3n) is 5.75. The second-order valence-electron chi connectivity index (χ2n) is 7.46. The van der Waals surface area contributed by atoms with Crippen molar-refractivity contribution in [1.29, 1.82) is 0 Å². The molecular formula is C23H23NO3. The van der Waals surface area contributed by atoms with E-state index in [4.69, 9.17) is 4.74 Å². The number of allylic oxidation sites excluding steroid dienone is 2. The summed E-state index contributed by atoms with van der Waals surface area (Å²) in [6.07, 6.45) is 4.70. The largest absolute Gasteiger partial charge is 0.457 e. The second kappa shape index (κ2) is 6.69. The first-order valence-electron chi connectivity index (χ1n) is 9.36. The number of imide groups is 1. The summed E-state index contributed by atoms with van der Waals surface area (Å²) < 4.78 is 5.97. The van der Waals surface area contributed by atoms with Gasteiger partial charge in [-0.1, -0.05) is 31.2 Å². The smallest absolute Gasteiger partial charge is 0.238 e. The summed E-state index contributed by atoms with van der Waals surface area (Å²) in [5, 5.41) is 0. The van der Waals surface area contributed by atoms with Gasteiger partial charge >= 0.3 is 0 Å². The van der Waals surface area contributed by atoms with Crippen molar-refractivity contribution < 1.29 is 14.3 Å². The van der Waals surface area contributed by atoms with Crippen molar-refractivity contribution in [1.82, 2.24) is 0 Å². The van der Waals surface area contributed by atoms with Crippen LogP contribution in [0.5, 0.6) is 11.5 Å². The van der Waals surface area contributed by atoms with Gasteiger partial charge in [-0.3, -0.25) is 14.5 Å². The number of amides is 2. The van der Waals surface area contributed by atoms with Crippen LogP contribution in [0.15, 0.2) is 54.6 Å². The number of nitrogens with zero attached hydrogens (tertiary/aromatic N) is 1. The van der Waals surface area contributed by atoms with Crippen molar-refractivity contribution in [2.75, 3.05) is 4.90 Å². The molecule has 2 aromatic rings. The third-order valence-corrected chi connectivity index (χ3v) is 5.75. The van der Waals surface area contributed by atoms with Crippen molar-refractivity contribution in [3.63, 3.8) is 0 Å². The minimum absolute atomic E-state index is 0.0925. The van der Waals surface area contributed by atoms with Crippen molar-refractivity contribution in [3.8, 4) is 11.5 Å². The lowest BCUT2D eigenvalue weighted by molar-refractivity contribution is -0.122. The molecule has 1 fully saturated rings. The highest BCUT2D eigenvalue weighted by molar-refractivity contribution is 6.22. The number of hydrogen-bond acceptors (Lipinski definition) is 3. The molecular weight excluding hydrogens is 338 g/mol. The van der Waals surface area contributed by atoms with E-state index in [1.807, 2.05) is 51.1 Å². The highest BCUT2D eigenvalue weighted by atomic mass is 16.5. The molecule has 4 rings (SSSR count). The van der Waals surface area contributed by atoms with Crippen LogP contribution < -0.4 is 9.64 Å². The Labute approximate surface area is 159 Å². The lowest BCUT2D eigenvalue weighted by Gasteiger charge is -2.22. The zero-order valence-electron chi connectivity index (χ0n) is 15.8. The van der Waals surface area contributed by atoms with Crippen molar-refractivity contribution in [3.05, 3.63) is 65.7 Å². The number of ether oxygens (including phenoxy) is 1. The minimum Gasteiger partial charge on any atom is -0.457 e. The van der Waals surface area contributed by atoms with Gasteiger partial charge in [-0.2, -0.15) is 0 Å². The zero-order chi connectivity index (χ0) is 19.1. The molecule has 0 spiro atoms. The lowest BCUT2D eigenvalue weighted by atomic mass is 9.78. The topological polar surface area (TPSA) is 46.6 Å². The molecule has 1 aliphatic heterocycles. The van der Waals surface area contributed by atoms with Crippen LogP contribution >= 0.6 is 0 Å². The molecule has 4 nitrogen and oxygen atoms in total. The highest BCUT2D eigenvalue weighted by Gasteiger charge is 2.50. The Morgan fingerprint density at radius 3 is 2.44 bits per heavy atom. The van der Waals surface area contributed by atoms with E-state index >= 15 is 0 Å². The van der Waals surface area contributed by atoms with Gasteiger partial charge in [0.05, 0.1) is 17.5 Å². The predicted molar refractivity (Wildman–Crippen MR) is 105 cm³/mol. The molecule has 1 saturated heterocycles. The standard InChI is InChI=1S/C23H23NO3/c1-14-6-5-9-20(16(14)3)27-18-12-10-17(11-13-18)24-22(25)19-8-4-7-15(2)21(19)23(24)26/h4-7,9-13,15,19,21H,8H2,1-3H3/t15-,19-,21+/m1/s1. The van der Waals surface area contributed by atoms with E-state index in [0.717, 1.165) is 11.3 Å². The number of carbonyl (C=O) groups excluding carboxylic acids is 2. The predicted octanol–water partition coefficient (Wildman–Crippen LogP) is 4.80. The number of benzene rings is 2. The molecule has 0 N–H and O–H groups in total. The Kier molecular flexibility index (Phi) is 4.34. The first-order chi connectivity index (χ1) is 13.0. The molecule has 1 aliphatic carbocycles. The third kappa shape index (κ3) is 2.95. The van der Waals surface area contributed by atoms with Gasteiger partial charge in [0.15, 0.2) is 0 Å². The summed E-state index contributed by atoms with van der Waals surface area (Å²) in [5.74, 6) is 0.921. The number of anilines is 1. The Morgan fingerprint density at radius 1 is 1.00 bits per heavy atom. The lowest BCUT2D eigenvalue weighted by Crippen LogP contribution is -2.31. The van der Waals surface area contributed by atoms with Crippen LogP contribution in [-0.4, -0.2) is 11.8 Å². The second-order valence-corrected chi connectivity index (χ2v) is 7.46. The average Bonchev–Trinajstić information content (AvgIpc) is 2.92. The van der Waals surface area contributed by atoms with Crippen LogP contribution in [0.1, 0.15) is 24.5 Å². The molecule has 4 heteroatoms. The molecule has 0 unspecified atom stereocenters. The maximum atomic E-state index is 12.9. The highest BCUT2D eigenvalue weighted by Crippen LogP contribution is 2.40. The van der Waals surface area contributed by atoms with Gasteiger partial charge in [0.1, 0.15) is 11.5 Å². The summed E-state index contributed by atoms with van der Waals surface area (Å²) in [7, 11) is 0. The molecule has 3 atom stereocenters. The Balaban J connectivity index is 1.57. The van der Waals surface area contributed by atoms with Crippen molar-refractivity contribution in [2.45, 2.75) is 27.2 Å². The van der Waals surface area contributed by atoms with Crippen LogP contribution in [0, 0.1) is 31.6 Å². The molecule has 138 valence electrons. The Morgan fingerprint density at radius 2 is 1.74 bits per heavy atom. The van der Waals surface area contributed by atoms with Crippen LogP contribution in [0.3, 0.4) is 0 Å². The molecule has 0 aromatic heterocycles. The quantitative estimate of drug-likeness (QED) is 0.583. The number of hydrogen-bond donors (Lipinski definition) is 0. The van der Waals surface area contributed by atoms with Crippen LogP contribution in [0.25, 0.3) is 0 Å². The summed E-state index contributed by atoms with van der Waals surface area (Å²) in [4.78, 5) is 27.0. The summed E-state index contributed by atoms with van der Waals surface area (Å²) in [5.41, 5.74) is 2.87. The SMILES string of the molecule is Cc1cccc(Oc2ccc(N3C(=O)[C@H]4[C@H](C)C=CC[C@H]4C3=O)cc2)c1C. The fourth-order valence-electron chi connectivity index (χ4n) is 4.03. The van der Waals surface area contributed by atoms with Gasteiger partial charge < -0.3 is 4.74 Å². The maximum absolute atomic E-state index is 12.9. The van der Waals surface area contributed by atoms with Crippen LogP contribution in [0.2, 0.25) is 0 Å². The normalized spacial score (nSPS) is 24.3. The van der Waals surface area contributed by atoms with E-state index < -0.39 is 0 Å². The van der Waals surface area contributed by atoms with Crippen LogP contribution in [-0.2, 0) is 9.59 Å². The molecule has 0 saturated carbocycles. The van der Waals surface area contributed by atoms with E-state index in [2.05, 4.69) is 0 Å². The van der Waals surface area contributed by atoms with Crippen LogP contribution in [0.4, 0.5) is 5.69 Å². The monoisotopic (exact) mass is 361 g/mol. The fraction of sp³-hybridized carbons (Fsp3) is 0.304. The van der Waals surface area contributed by atoms with Crippen molar-refractivity contribution >= 4 is 17.5 Å². The molecule has 2 amide bonds. The first-order valence-corrected chi connectivity index (χ1v) is 9.36.